The first kappa shape index (κ1) is 15.9. The third-order valence-electron chi connectivity index (χ3n) is 2.91. The lowest BCUT2D eigenvalue weighted by Crippen LogP contribution is -2.11. The first-order chi connectivity index (χ1) is 8.79. The van der Waals surface area contributed by atoms with Crippen molar-refractivity contribution < 1.29 is 14.1 Å². The topological polar surface area (TPSA) is 54.4 Å². The maximum absolute atomic E-state index is 11.8. The van der Waals surface area contributed by atoms with Crippen molar-refractivity contribution in [1.82, 2.24) is 0 Å². The van der Waals surface area contributed by atoms with E-state index in [1.54, 1.807) is 0 Å². The van der Waals surface area contributed by atoms with Crippen LogP contribution in [0.15, 0.2) is 24.3 Å². The predicted molar refractivity (Wildman–Crippen MR) is 78.7 cm³/mol. The molecule has 4 heteroatoms. The van der Waals surface area contributed by atoms with Crippen LogP contribution in [0.5, 0.6) is 0 Å². The fourth-order valence-electron chi connectivity index (χ4n) is 1.74. The molecule has 0 aliphatic carbocycles. The number of aliphatic carboxylic acids is 1. The van der Waals surface area contributed by atoms with Crippen molar-refractivity contribution in [3.05, 3.63) is 35.4 Å². The van der Waals surface area contributed by atoms with E-state index in [2.05, 4.69) is 32.9 Å². The molecule has 0 amide bonds. The summed E-state index contributed by atoms with van der Waals surface area (Å²) < 4.78 is 11.8. The van der Waals surface area contributed by atoms with E-state index in [-0.39, 0.29) is 11.8 Å². The molecule has 1 unspecified atom stereocenters. The Labute approximate surface area is 117 Å². The second-order valence-electron chi connectivity index (χ2n) is 5.73. The van der Waals surface area contributed by atoms with Crippen LogP contribution in [-0.4, -0.2) is 21.0 Å². The van der Waals surface area contributed by atoms with Gasteiger partial charge in [0.1, 0.15) is 0 Å². The first-order valence-corrected chi connectivity index (χ1v) is 7.94. The number of benzene rings is 1. The Kier molecular flexibility index (Phi) is 5.73. The maximum atomic E-state index is 11.8. The average molecular weight is 282 g/mol. The van der Waals surface area contributed by atoms with Gasteiger partial charge in [-0.15, -0.1) is 0 Å². The summed E-state index contributed by atoms with van der Waals surface area (Å²) in [6.07, 6.45) is 0.566. The average Bonchev–Trinajstić information content (AvgIpc) is 2.27. The zero-order valence-corrected chi connectivity index (χ0v) is 12.6. The zero-order valence-electron chi connectivity index (χ0n) is 11.8. The molecule has 1 aromatic rings. The van der Waals surface area contributed by atoms with Gasteiger partial charge in [-0.2, -0.15) is 0 Å². The highest BCUT2D eigenvalue weighted by Crippen LogP contribution is 2.22. The Bertz CT molecular complexity index is 443. The highest BCUT2D eigenvalue weighted by Gasteiger charge is 2.13. The molecule has 1 atom stereocenters. The van der Waals surface area contributed by atoms with Crippen molar-refractivity contribution in [3.63, 3.8) is 0 Å². The van der Waals surface area contributed by atoms with Crippen molar-refractivity contribution in [2.75, 3.05) is 5.75 Å². The molecular formula is C15H22O3S. The van der Waals surface area contributed by atoms with Gasteiger partial charge in [0, 0.05) is 28.7 Å². The molecule has 1 rings (SSSR count). The molecule has 0 aliphatic heterocycles. The molecule has 0 heterocycles. The Morgan fingerprint density at radius 1 is 1.21 bits per heavy atom. The largest absolute Gasteiger partial charge is 0.481 e. The highest BCUT2D eigenvalue weighted by molar-refractivity contribution is 7.84. The minimum atomic E-state index is -0.979. The van der Waals surface area contributed by atoms with Gasteiger partial charge < -0.3 is 5.11 Å². The van der Waals surface area contributed by atoms with Crippen molar-refractivity contribution in [2.45, 2.75) is 44.8 Å². The molecule has 0 aliphatic rings. The lowest BCUT2D eigenvalue weighted by atomic mass is 9.87. The van der Waals surface area contributed by atoms with Crippen LogP contribution in [0, 0.1) is 0 Å². The summed E-state index contributed by atoms with van der Waals surface area (Å²) in [6.45, 7) is 6.48. The van der Waals surface area contributed by atoms with Crippen molar-refractivity contribution in [2.24, 2.45) is 0 Å². The van der Waals surface area contributed by atoms with Crippen LogP contribution >= 0.6 is 0 Å². The molecule has 1 N–H and O–H groups in total. The van der Waals surface area contributed by atoms with Gasteiger partial charge in [0.2, 0.25) is 0 Å². The normalized spacial score (nSPS) is 13.2. The molecule has 106 valence electrons. The van der Waals surface area contributed by atoms with Crippen LogP contribution in [0.25, 0.3) is 0 Å². The fraction of sp³-hybridized carbons (Fsp3) is 0.533. The monoisotopic (exact) mass is 282 g/mol. The molecule has 0 bridgehead atoms. The molecular weight excluding hydrogens is 260 g/mol. The summed E-state index contributed by atoms with van der Waals surface area (Å²) in [5.41, 5.74) is 2.42. The second kappa shape index (κ2) is 6.85. The van der Waals surface area contributed by atoms with Gasteiger partial charge in [-0.3, -0.25) is 9.00 Å². The molecule has 0 fully saturated rings. The minimum absolute atomic E-state index is 0.0920. The SMILES string of the molecule is CC(C)(C)c1ccc(CS(=O)CCCC(=O)O)cc1. The number of rotatable bonds is 6. The summed E-state index contributed by atoms with van der Waals surface area (Å²) in [7, 11) is -0.979. The second-order valence-corrected chi connectivity index (χ2v) is 7.31. The van der Waals surface area contributed by atoms with Gasteiger partial charge in [-0.1, -0.05) is 45.0 Å². The van der Waals surface area contributed by atoms with E-state index in [9.17, 15) is 9.00 Å². The molecule has 0 saturated carbocycles. The van der Waals surface area contributed by atoms with Crippen molar-refractivity contribution >= 4 is 16.8 Å². The van der Waals surface area contributed by atoms with Crippen LogP contribution < -0.4 is 0 Å². The van der Waals surface area contributed by atoms with Gasteiger partial charge in [0.15, 0.2) is 0 Å². The summed E-state index contributed by atoms with van der Waals surface area (Å²) in [6, 6.07) is 8.17. The molecule has 0 saturated heterocycles. The van der Waals surface area contributed by atoms with E-state index in [0.29, 0.717) is 17.9 Å². The third-order valence-corrected chi connectivity index (χ3v) is 4.31. The van der Waals surface area contributed by atoms with E-state index in [0.717, 1.165) is 5.56 Å². The number of carboxylic acids is 1. The van der Waals surface area contributed by atoms with Gasteiger partial charge >= 0.3 is 5.97 Å². The van der Waals surface area contributed by atoms with Gasteiger partial charge in [-0.05, 0) is 23.0 Å². The van der Waals surface area contributed by atoms with Gasteiger partial charge in [0.05, 0.1) is 0 Å². The molecule has 1 aromatic carbocycles. The van der Waals surface area contributed by atoms with Crippen molar-refractivity contribution in [1.29, 1.82) is 0 Å². The summed E-state index contributed by atoms with van der Waals surface area (Å²) >= 11 is 0. The summed E-state index contributed by atoms with van der Waals surface area (Å²) in [4.78, 5) is 10.4. The Balaban J connectivity index is 2.49. The smallest absolute Gasteiger partial charge is 0.303 e. The standard InChI is InChI=1S/C15H22O3S/c1-15(2,3)13-8-6-12(7-9-13)11-19(18)10-4-5-14(16)17/h6-9H,4-5,10-11H2,1-3H3,(H,16,17). The van der Waals surface area contributed by atoms with Crippen molar-refractivity contribution in [3.8, 4) is 0 Å². The molecule has 0 aromatic heterocycles. The first-order valence-electron chi connectivity index (χ1n) is 6.45. The van der Waals surface area contributed by atoms with Gasteiger partial charge in [0.25, 0.3) is 0 Å². The number of hydrogen-bond acceptors (Lipinski definition) is 2. The van der Waals surface area contributed by atoms with Gasteiger partial charge in [-0.25, -0.2) is 0 Å². The van der Waals surface area contributed by atoms with E-state index in [1.807, 2.05) is 12.1 Å². The minimum Gasteiger partial charge on any atom is -0.481 e. The molecule has 0 spiro atoms. The molecule has 3 nitrogen and oxygen atoms in total. The molecule has 0 radical (unpaired) electrons. The van der Waals surface area contributed by atoms with E-state index >= 15 is 0 Å². The lowest BCUT2D eigenvalue weighted by molar-refractivity contribution is -0.137. The number of hydrogen-bond donors (Lipinski definition) is 1. The number of carbonyl (C=O) groups is 1. The maximum Gasteiger partial charge on any atom is 0.303 e. The third kappa shape index (κ3) is 6.01. The quantitative estimate of drug-likeness (QED) is 0.872. The lowest BCUT2D eigenvalue weighted by Gasteiger charge is -2.19. The summed E-state index contributed by atoms with van der Waals surface area (Å²) in [5.74, 6) is 0.128. The highest BCUT2D eigenvalue weighted by atomic mass is 32.2. The zero-order chi connectivity index (χ0) is 14.5. The van der Waals surface area contributed by atoms with Crippen LogP contribution in [0.1, 0.15) is 44.7 Å². The predicted octanol–water partition coefficient (Wildman–Crippen LogP) is 3.10. The fourth-order valence-corrected chi connectivity index (χ4v) is 2.92. The molecule has 19 heavy (non-hydrogen) atoms. The Morgan fingerprint density at radius 3 is 2.26 bits per heavy atom. The Hall–Kier alpha value is -1.16. The van der Waals surface area contributed by atoms with E-state index in [1.165, 1.54) is 5.56 Å². The van der Waals surface area contributed by atoms with E-state index < -0.39 is 16.8 Å². The van der Waals surface area contributed by atoms with Crippen LogP contribution in [0.3, 0.4) is 0 Å². The number of carboxylic acid groups (broad SMARTS) is 1. The van der Waals surface area contributed by atoms with Crippen LogP contribution in [0.4, 0.5) is 0 Å². The Morgan fingerprint density at radius 2 is 1.79 bits per heavy atom. The van der Waals surface area contributed by atoms with Crippen LogP contribution in [0.2, 0.25) is 0 Å². The summed E-state index contributed by atoms with van der Waals surface area (Å²) in [5, 5.41) is 8.52. The van der Waals surface area contributed by atoms with Crippen LogP contribution in [-0.2, 0) is 26.8 Å². The van der Waals surface area contributed by atoms with E-state index in [4.69, 9.17) is 5.11 Å².